The highest BCUT2D eigenvalue weighted by Crippen LogP contribution is 2.42. The van der Waals surface area contributed by atoms with Gasteiger partial charge in [-0.2, -0.15) is 13.2 Å². The van der Waals surface area contributed by atoms with Gasteiger partial charge in [0, 0.05) is 31.1 Å². The summed E-state index contributed by atoms with van der Waals surface area (Å²) in [6, 6.07) is 8.55. The zero-order chi connectivity index (χ0) is 19.4. The van der Waals surface area contributed by atoms with Crippen LogP contribution in [-0.4, -0.2) is 66.0 Å². The second-order valence-electron chi connectivity index (χ2n) is 7.62. The molecule has 27 heavy (non-hydrogen) atoms. The van der Waals surface area contributed by atoms with Crippen molar-refractivity contribution in [2.75, 3.05) is 32.8 Å². The van der Waals surface area contributed by atoms with Crippen molar-refractivity contribution in [1.82, 2.24) is 9.80 Å². The zero-order valence-corrected chi connectivity index (χ0v) is 15.8. The average Bonchev–Trinajstić information content (AvgIpc) is 2.60. The molecule has 0 aromatic heterocycles. The molecule has 150 valence electrons. The maximum absolute atomic E-state index is 12.7. The number of nitrogens with zero attached hydrogens (tertiary/aromatic N) is 2. The molecule has 0 bridgehead atoms. The van der Waals surface area contributed by atoms with E-state index in [-0.39, 0.29) is 31.2 Å². The molecule has 1 aromatic carbocycles. The highest BCUT2D eigenvalue weighted by atomic mass is 19.4. The van der Waals surface area contributed by atoms with E-state index in [9.17, 15) is 18.3 Å². The van der Waals surface area contributed by atoms with E-state index in [1.807, 2.05) is 24.0 Å². The summed E-state index contributed by atoms with van der Waals surface area (Å²) < 4.78 is 38.0. The fourth-order valence-electron chi connectivity index (χ4n) is 4.52. The number of allylic oxidation sites excluding steroid dienone is 1. The molecule has 2 saturated heterocycles. The highest BCUT2D eigenvalue weighted by molar-refractivity contribution is 5.50. The van der Waals surface area contributed by atoms with Crippen LogP contribution in [0.15, 0.2) is 30.3 Å². The predicted octanol–water partition coefficient (Wildman–Crippen LogP) is 3.90. The molecule has 0 aliphatic carbocycles. The average molecular weight is 382 g/mol. The van der Waals surface area contributed by atoms with Gasteiger partial charge in [0.05, 0.1) is 13.0 Å². The maximum Gasteiger partial charge on any atom is 0.390 e. The third-order valence-corrected chi connectivity index (χ3v) is 5.85. The van der Waals surface area contributed by atoms with Gasteiger partial charge in [0.2, 0.25) is 0 Å². The van der Waals surface area contributed by atoms with Crippen molar-refractivity contribution in [3.63, 3.8) is 0 Å². The lowest BCUT2D eigenvalue weighted by Gasteiger charge is -2.57. The third kappa shape index (κ3) is 4.92. The van der Waals surface area contributed by atoms with E-state index in [2.05, 4.69) is 29.2 Å². The van der Waals surface area contributed by atoms with Crippen LogP contribution < -0.4 is 0 Å². The molecule has 0 saturated carbocycles. The summed E-state index contributed by atoms with van der Waals surface area (Å²) in [7, 11) is 0. The molecule has 1 aromatic rings. The number of benzene rings is 1. The molecule has 0 unspecified atom stereocenters. The van der Waals surface area contributed by atoms with Gasteiger partial charge >= 0.3 is 6.18 Å². The molecular weight excluding hydrogens is 353 g/mol. The van der Waals surface area contributed by atoms with Crippen LogP contribution >= 0.6 is 0 Å². The summed E-state index contributed by atoms with van der Waals surface area (Å²) in [6.45, 7) is 4.38. The summed E-state index contributed by atoms with van der Waals surface area (Å²) in [5.41, 5.74) is 2.29. The number of fused-ring (bicyclic) bond motifs is 1. The van der Waals surface area contributed by atoms with Crippen molar-refractivity contribution in [2.45, 2.75) is 50.4 Å². The Bertz CT molecular complexity index is 629. The van der Waals surface area contributed by atoms with Crippen molar-refractivity contribution in [2.24, 2.45) is 0 Å². The number of hydrogen-bond acceptors (Lipinski definition) is 3. The van der Waals surface area contributed by atoms with Crippen LogP contribution in [-0.2, 0) is 0 Å². The van der Waals surface area contributed by atoms with Gasteiger partial charge in [-0.05, 0) is 44.0 Å². The lowest BCUT2D eigenvalue weighted by atomic mass is 9.74. The van der Waals surface area contributed by atoms with E-state index in [4.69, 9.17) is 0 Å². The van der Waals surface area contributed by atoms with Crippen LogP contribution in [0.1, 0.15) is 43.2 Å². The SMILES string of the molecule is C/C=C/c1ccc([C@H]2[C@H]3CN(CCC(F)(F)F)CCCCN3[C@H]2CO)cc1. The van der Waals surface area contributed by atoms with Crippen LogP contribution in [0.4, 0.5) is 13.2 Å². The molecular formula is C21H29F3N2O. The third-order valence-electron chi connectivity index (χ3n) is 5.85. The van der Waals surface area contributed by atoms with Crippen molar-refractivity contribution in [3.8, 4) is 0 Å². The normalized spacial score (nSPS) is 27.8. The van der Waals surface area contributed by atoms with Gasteiger partial charge in [-0.15, -0.1) is 0 Å². The summed E-state index contributed by atoms with van der Waals surface area (Å²) in [6.07, 6.45) is 1.02. The van der Waals surface area contributed by atoms with Crippen LogP contribution in [0.5, 0.6) is 0 Å². The summed E-state index contributed by atoms with van der Waals surface area (Å²) in [5, 5.41) is 9.92. The number of aliphatic hydroxyl groups is 1. The molecule has 3 nitrogen and oxygen atoms in total. The molecule has 0 spiro atoms. The molecule has 2 aliphatic rings. The number of rotatable bonds is 5. The minimum atomic E-state index is -4.11. The number of halogens is 3. The Kier molecular flexibility index (Phi) is 6.61. The molecule has 3 atom stereocenters. The quantitative estimate of drug-likeness (QED) is 0.837. The second-order valence-corrected chi connectivity index (χ2v) is 7.62. The largest absolute Gasteiger partial charge is 0.395 e. The standard InChI is InChI=1S/C21H29F3N2O/c1-2-5-16-6-8-17(9-7-16)20-18-14-25(13-10-21(22,23)24)11-3-4-12-26(18)19(20)15-27/h2,5-9,18-20,27H,3-4,10-15H2,1H3/b5-2+/t18-,19+,20+/m1/s1. The zero-order valence-electron chi connectivity index (χ0n) is 15.8. The Morgan fingerprint density at radius 2 is 1.85 bits per heavy atom. The first-order valence-corrected chi connectivity index (χ1v) is 9.81. The first-order chi connectivity index (χ1) is 12.9. The molecule has 1 N–H and O–H groups in total. The van der Waals surface area contributed by atoms with Gasteiger partial charge in [-0.25, -0.2) is 0 Å². The lowest BCUT2D eigenvalue weighted by molar-refractivity contribution is -0.140. The number of alkyl halides is 3. The Balaban J connectivity index is 1.75. The van der Waals surface area contributed by atoms with Crippen molar-refractivity contribution < 1.29 is 18.3 Å². The molecule has 0 amide bonds. The van der Waals surface area contributed by atoms with E-state index in [0.717, 1.165) is 31.5 Å². The lowest BCUT2D eigenvalue weighted by Crippen LogP contribution is -2.67. The minimum Gasteiger partial charge on any atom is -0.395 e. The second kappa shape index (κ2) is 8.76. The first kappa shape index (κ1) is 20.4. The van der Waals surface area contributed by atoms with Crippen molar-refractivity contribution >= 4 is 6.08 Å². The fourth-order valence-corrected chi connectivity index (χ4v) is 4.52. The molecule has 6 heteroatoms. The van der Waals surface area contributed by atoms with Gasteiger partial charge in [0.15, 0.2) is 0 Å². The summed E-state index contributed by atoms with van der Waals surface area (Å²) in [5.74, 6) is 0.168. The summed E-state index contributed by atoms with van der Waals surface area (Å²) >= 11 is 0. The topological polar surface area (TPSA) is 26.7 Å². The molecule has 2 fully saturated rings. The smallest absolute Gasteiger partial charge is 0.390 e. The summed E-state index contributed by atoms with van der Waals surface area (Å²) in [4.78, 5) is 4.25. The monoisotopic (exact) mass is 382 g/mol. The van der Waals surface area contributed by atoms with Crippen LogP contribution in [0.25, 0.3) is 6.08 Å². The Labute approximate surface area is 159 Å². The van der Waals surface area contributed by atoms with Crippen LogP contribution in [0.3, 0.4) is 0 Å². The van der Waals surface area contributed by atoms with Crippen molar-refractivity contribution in [1.29, 1.82) is 0 Å². The Hall–Kier alpha value is -1.37. The van der Waals surface area contributed by atoms with Crippen LogP contribution in [0, 0.1) is 0 Å². The number of hydrogen-bond donors (Lipinski definition) is 1. The fraction of sp³-hybridized carbons (Fsp3) is 0.619. The van der Waals surface area contributed by atoms with Gasteiger partial charge in [-0.3, -0.25) is 4.90 Å². The van der Waals surface area contributed by atoms with Gasteiger partial charge < -0.3 is 10.0 Å². The van der Waals surface area contributed by atoms with E-state index in [1.165, 1.54) is 5.56 Å². The van der Waals surface area contributed by atoms with E-state index in [1.54, 1.807) is 0 Å². The molecule has 2 aliphatic heterocycles. The van der Waals surface area contributed by atoms with Gasteiger partial charge in [0.1, 0.15) is 0 Å². The molecule has 3 rings (SSSR count). The first-order valence-electron chi connectivity index (χ1n) is 9.81. The number of aliphatic hydroxyl groups excluding tert-OH is 1. The molecule has 0 radical (unpaired) electrons. The minimum absolute atomic E-state index is 0.0601. The highest BCUT2D eigenvalue weighted by Gasteiger charge is 2.49. The van der Waals surface area contributed by atoms with Crippen molar-refractivity contribution in [3.05, 3.63) is 41.5 Å². The predicted molar refractivity (Wildman–Crippen MR) is 102 cm³/mol. The van der Waals surface area contributed by atoms with E-state index < -0.39 is 12.6 Å². The Morgan fingerprint density at radius 1 is 1.15 bits per heavy atom. The van der Waals surface area contributed by atoms with E-state index in [0.29, 0.717) is 6.54 Å². The Morgan fingerprint density at radius 3 is 2.48 bits per heavy atom. The van der Waals surface area contributed by atoms with Gasteiger partial charge in [0.25, 0.3) is 0 Å². The van der Waals surface area contributed by atoms with Gasteiger partial charge in [-0.1, -0.05) is 36.4 Å². The maximum atomic E-state index is 12.7. The van der Waals surface area contributed by atoms with E-state index >= 15 is 0 Å². The van der Waals surface area contributed by atoms with Crippen LogP contribution in [0.2, 0.25) is 0 Å². The molecule has 2 heterocycles.